The molecule has 2 rings (SSSR count). The van der Waals surface area contributed by atoms with E-state index in [0.717, 1.165) is 0 Å². The number of nitrogen functional groups attached to an aromatic ring is 1. The Labute approximate surface area is 203 Å². The zero-order chi connectivity index (χ0) is 26.5. The molecule has 5 unspecified atom stereocenters. The summed E-state index contributed by atoms with van der Waals surface area (Å²) in [5.41, 5.74) is 6.07. The Kier molecular flexibility index (Phi) is 9.03. The largest absolute Gasteiger partial charge is 0.461 e. The van der Waals surface area contributed by atoms with Gasteiger partial charge in [-0.15, -0.1) is 6.42 Å². The number of terminal acetylenes is 1. The van der Waals surface area contributed by atoms with E-state index in [-0.39, 0.29) is 5.82 Å². The third kappa shape index (κ3) is 7.29. The molecule has 2 heterocycles. The van der Waals surface area contributed by atoms with Gasteiger partial charge in [0.1, 0.15) is 54.5 Å². The Morgan fingerprint density at radius 1 is 1.26 bits per heavy atom. The van der Waals surface area contributed by atoms with Crippen molar-refractivity contribution in [2.24, 2.45) is 0 Å². The van der Waals surface area contributed by atoms with Gasteiger partial charge in [0.05, 0.1) is 17.1 Å². The van der Waals surface area contributed by atoms with E-state index in [1.807, 2.05) is 0 Å². The Morgan fingerprint density at radius 2 is 1.91 bits per heavy atom. The number of nitrogens with zero attached hydrogens (tertiary/aromatic N) is 3. The fourth-order valence-corrected chi connectivity index (χ4v) is 3.18. The average molecular weight is 492 g/mol. The molecule has 0 aliphatic rings. The summed E-state index contributed by atoms with van der Waals surface area (Å²) in [6, 6.07) is -1.03. The van der Waals surface area contributed by atoms with Crippen LogP contribution in [0, 0.1) is 12.3 Å². The molecular weight excluding hydrogens is 458 g/mol. The molecule has 12 nitrogen and oxygen atoms in total. The summed E-state index contributed by atoms with van der Waals surface area (Å²) in [6.45, 7) is 9.12. The molecule has 35 heavy (non-hydrogen) atoms. The number of nitrogens with two attached hydrogens (primary N) is 1. The molecule has 0 aliphatic heterocycles. The van der Waals surface area contributed by atoms with Gasteiger partial charge < -0.3 is 40.0 Å². The molecule has 2 aromatic heterocycles. The van der Waals surface area contributed by atoms with E-state index in [0.29, 0.717) is 16.6 Å². The number of esters is 1. The Bertz CT molecular complexity index is 1090. The molecule has 0 fully saturated rings. The summed E-state index contributed by atoms with van der Waals surface area (Å²) in [5, 5.41) is 23.2. The number of alkyl carbamates (subject to hydrolysis) is 1. The molecular formula is C23H33N5O7. The van der Waals surface area contributed by atoms with Crippen molar-refractivity contribution in [2.45, 2.75) is 77.7 Å². The number of aliphatic hydroxyl groups excluding tert-OH is 2. The van der Waals surface area contributed by atoms with Crippen molar-refractivity contribution >= 4 is 28.9 Å². The van der Waals surface area contributed by atoms with Gasteiger partial charge in [-0.1, -0.05) is 5.92 Å². The number of aliphatic hydroxyl groups is 2. The molecule has 1 amide bonds. The second kappa shape index (κ2) is 11.4. The first-order valence-corrected chi connectivity index (χ1v) is 11.0. The lowest BCUT2D eigenvalue weighted by Gasteiger charge is -2.29. The van der Waals surface area contributed by atoms with Crippen molar-refractivity contribution in [3.05, 3.63) is 18.1 Å². The number of amides is 1. The molecule has 2 aromatic rings. The smallest absolute Gasteiger partial charge is 0.408 e. The lowest BCUT2D eigenvalue weighted by atomic mass is 10.1. The second-order valence-electron chi connectivity index (χ2n) is 9.05. The van der Waals surface area contributed by atoms with E-state index in [2.05, 4.69) is 21.2 Å². The first kappa shape index (κ1) is 27.8. The van der Waals surface area contributed by atoms with Gasteiger partial charge in [0, 0.05) is 6.20 Å². The normalized spacial score (nSPS) is 16.0. The molecule has 5 N–H and O–H groups in total. The molecule has 0 radical (unpaired) electrons. The fourth-order valence-electron chi connectivity index (χ4n) is 3.18. The van der Waals surface area contributed by atoms with Crippen LogP contribution in [-0.4, -0.2) is 73.4 Å². The van der Waals surface area contributed by atoms with Crippen molar-refractivity contribution in [3.63, 3.8) is 0 Å². The Hall–Kier alpha value is -3.40. The number of nitrogens with one attached hydrogen (secondary N) is 1. The minimum absolute atomic E-state index is 0.204. The average Bonchev–Trinajstić information content (AvgIpc) is 3.14. The van der Waals surface area contributed by atoms with Crippen LogP contribution in [0.2, 0.25) is 0 Å². The molecule has 5 atom stereocenters. The van der Waals surface area contributed by atoms with Crippen LogP contribution in [0.5, 0.6) is 0 Å². The van der Waals surface area contributed by atoms with Gasteiger partial charge in [-0.3, -0.25) is 0 Å². The number of rotatable bonds is 9. The zero-order valence-electron chi connectivity index (χ0n) is 20.7. The highest BCUT2D eigenvalue weighted by molar-refractivity contribution is 5.92. The summed E-state index contributed by atoms with van der Waals surface area (Å²) in [5.74, 6) is 1.95. The van der Waals surface area contributed by atoms with E-state index in [1.165, 1.54) is 20.2 Å². The highest BCUT2D eigenvalue weighted by atomic mass is 16.6. The van der Waals surface area contributed by atoms with Gasteiger partial charge in [-0.2, -0.15) is 0 Å². The van der Waals surface area contributed by atoms with E-state index in [9.17, 15) is 19.8 Å². The molecule has 0 saturated heterocycles. The molecule has 0 aromatic carbocycles. The highest BCUT2D eigenvalue weighted by Gasteiger charge is 2.30. The predicted octanol–water partition coefficient (Wildman–Crippen LogP) is 1.10. The highest BCUT2D eigenvalue weighted by Crippen LogP contribution is 2.27. The van der Waals surface area contributed by atoms with Crippen LogP contribution in [-0.2, 0) is 19.0 Å². The fraction of sp³-hybridized carbons (Fsp3) is 0.565. The topological polar surface area (TPSA) is 171 Å². The number of ether oxygens (including phenoxy) is 3. The van der Waals surface area contributed by atoms with E-state index in [4.69, 9.17) is 26.4 Å². The van der Waals surface area contributed by atoms with Gasteiger partial charge in [-0.05, 0) is 41.5 Å². The number of hydrogen-bond acceptors (Lipinski definition) is 10. The lowest BCUT2D eigenvalue weighted by Crippen LogP contribution is -2.45. The summed E-state index contributed by atoms with van der Waals surface area (Å²) < 4.78 is 17.9. The maximum atomic E-state index is 12.4. The molecule has 0 aliphatic carbocycles. The molecule has 12 heteroatoms. The number of hydrogen-bond donors (Lipinski definition) is 4. The molecule has 0 spiro atoms. The quantitative estimate of drug-likeness (QED) is 0.294. The van der Waals surface area contributed by atoms with Crippen molar-refractivity contribution < 1.29 is 34.0 Å². The first-order chi connectivity index (χ1) is 16.2. The predicted molar refractivity (Wildman–Crippen MR) is 127 cm³/mol. The van der Waals surface area contributed by atoms with Crippen molar-refractivity contribution in [1.29, 1.82) is 0 Å². The minimum atomic E-state index is -1.40. The van der Waals surface area contributed by atoms with E-state index in [1.54, 1.807) is 38.5 Å². The molecule has 192 valence electrons. The lowest BCUT2D eigenvalue weighted by molar-refractivity contribution is -0.168. The van der Waals surface area contributed by atoms with Crippen molar-refractivity contribution in [1.82, 2.24) is 19.9 Å². The number of carbonyl (C=O) groups is 2. The number of carbonyl (C=O) groups excluding carboxylic acids is 2. The van der Waals surface area contributed by atoms with Gasteiger partial charge in [0.15, 0.2) is 0 Å². The second-order valence-corrected chi connectivity index (χ2v) is 9.05. The summed E-state index contributed by atoms with van der Waals surface area (Å²) >= 11 is 0. The Morgan fingerprint density at radius 3 is 2.49 bits per heavy atom. The summed E-state index contributed by atoms with van der Waals surface area (Å²) in [6.07, 6.45) is 3.21. The van der Waals surface area contributed by atoms with Crippen LogP contribution in [0.15, 0.2) is 12.5 Å². The van der Waals surface area contributed by atoms with Gasteiger partial charge in [0.25, 0.3) is 0 Å². The standard InChI is InChI=1S/C23H33N5O7/c1-8-15-9-28(20-17(15)19(24)25-11-26-20)14(4)34-16(18(30)13(3)29)10-33-21(31)12(2)27-22(32)35-23(5,6)7/h1,9,11-14,16,18,29-30H,10H2,2-7H3,(H,27,32)(H2,24,25,26). The SMILES string of the molecule is C#Cc1cn(C(C)OC(COC(=O)C(C)NC(=O)OC(C)(C)C)C(O)C(C)O)c2ncnc(N)c12. The van der Waals surface area contributed by atoms with Crippen molar-refractivity contribution in [3.8, 4) is 12.3 Å². The minimum Gasteiger partial charge on any atom is -0.461 e. The number of anilines is 1. The summed E-state index contributed by atoms with van der Waals surface area (Å²) in [7, 11) is 0. The molecule has 0 saturated carbocycles. The van der Waals surface area contributed by atoms with Crippen molar-refractivity contribution in [2.75, 3.05) is 12.3 Å². The van der Waals surface area contributed by atoms with Crippen LogP contribution in [0.3, 0.4) is 0 Å². The Balaban J connectivity index is 2.14. The number of fused-ring (bicyclic) bond motifs is 1. The third-order valence-electron chi connectivity index (χ3n) is 4.91. The maximum Gasteiger partial charge on any atom is 0.408 e. The molecule has 0 bridgehead atoms. The third-order valence-corrected chi connectivity index (χ3v) is 4.91. The maximum absolute atomic E-state index is 12.4. The van der Waals surface area contributed by atoms with Gasteiger partial charge >= 0.3 is 12.1 Å². The van der Waals surface area contributed by atoms with E-state index < -0.39 is 54.9 Å². The first-order valence-electron chi connectivity index (χ1n) is 11.0. The monoisotopic (exact) mass is 491 g/mol. The van der Waals surface area contributed by atoms with E-state index >= 15 is 0 Å². The van der Waals surface area contributed by atoms with Crippen LogP contribution in [0.1, 0.15) is 53.3 Å². The van der Waals surface area contributed by atoms with Crippen LogP contribution in [0.4, 0.5) is 10.6 Å². The van der Waals surface area contributed by atoms with Crippen LogP contribution >= 0.6 is 0 Å². The van der Waals surface area contributed by atoms with Crippen LogP contribution < -0.4 is 11.1 Å². The van der Waals surface area contributed by atoms with Crippen LogP contribution in [0.25, 0.3) is 11.0 Å². The summed E-state index contributed by atoms with van der Waals surface area (Å²) in [4.78, 5) is 32.5. The van der Waals surface area contributed by atoms with Gasteiger partial charge in [-0.25, -0.2) is 19.6 Å². The zero-order valence-corrected chi connectivity index (χ0v) is 20.7. The number of aromatic nitrogens is 3. The van der Waals surface area contributed by atoms with Gasteiger partial charge in [0.2, 0.25) is 0 Å².